The van der Waals surface area contributed by atoms with Crippen molar-refractivity contribution < 1.29 is 18.0 Å². The van der Waals surface area contributed by atoms with Crippen molar-refractivity contribution in [2.75, 3.05) is 10.8 Å². The van der Waals surface area contributed by atoms with Gasteiger partial charge in [0.2, 0.25) is 11.8 Å². The van der Waals surface area contributed by atoms with Crippen LogP contribution < -0.4 is 9.62 Å². The average Bonchev–Trinajstić information content (AvgIpc) is 2.92. The highest BCUT2D eigenvalue weighted by Crippen LogP contribution is 2.33. The number of halogens is 2. The minimum absolute atomic E-state index is 0.0130. The first-order valence-electron chi connectivity index (χ1n) is 12.2. The Hall–Kier alpha value is -3.07. The van der Waals surface area contributed by atoms with Gasteiger partial charge in [-0.15, -0.1) is 0 Å². The van der Waals surface area contributed by atoms with Gasteiger partial charge in [0.15, 0.2) is 0 Å². The fraction of sp³-hybridized carbons (Fsp3) is 0.286. The lowest BCUT2D eigenvalue weighted by Gasteiger charge is -2.32. The van der Waals surface area contributed by atoms with E-state index in [0.29, 0.717) is 0 Å². The van der Waals surface area contributed by atoms with Crippen LogP contribution in [0.3, 0.4) is 0 Å². The molecule has 10 heteroatoms. The van der Waals surface area contributed by atoms with Gasteiger partial charge in [-0.3, -0.25) is 13.9 Å². The van der Waals surface area contributed by atoms with Crippen molar-refractivity contribution in [3.05, 3.63) is 94.5 Å². The number of nitrogens with zero attached hydrogens (tertiary/aromatic N) is 2. The molecule has 0 heterocycles. The first-order chi connectivity index (χ1) is 18.0. The van der Waals surface area contributed by atoms with Crippen molar-refractivity contribution >= 4 is 50.7 Å². The predicted octanol–water partition coefficient (Wildman–Crippen LogP) is 5.52. The number of rotatable bonds is 11. The molecule has 202 valence electrons. The minimum Gasteiger partial charge on any atom is -0.352 e. The molecule has 3 rings (SSSR count). The molecule has 3 aromatic carbocycles. The lowest BCUT2D eigenvalue weighted by atomic mass is 10.1. The molecule has 0 aliphatic heterocycles. The smallest absolute Gasteiger partial charge is 0.264 e. The van der Waals surface area contributed by atoms with E-state index in [1.54, 1.807) is 25.1 Å². The van der Waals surface area contributed by atoms with E-state index >= 15 is 0 Å². The van der Waals surface area contributed by atoms with E-state index in [1.807, 2.05) is 44.2 Å². The Balaban J connectivity index is 2.04. The summed E-state index contributed by atoms with van der Waals surface area (Å²) in [7, 11) is -4.22. The highest BCUT2D eigenvalue weighted by Gasteiger charge is 2.33. The van der Waals surface area contributed by atoms with E-state index in [2.05, 4.69) is 5.32 Å². The zero-order valence-corrected chi connectivity index (χ0v) is 23.8. The Kier molecular flexibility index (Phi) is 10.2. The molecule has 7 nitrogen and oxygen atoms in total. The van der Waals surface area contributed by atoms with Gasteiger partial charge in [-0.25, -0.2) is 8.42 Å². The molecule has 38 heavy (non-hydrogen) atoms. The van der Waals surface area contributed by atoms with Crippen LogP contribution in [0, 0.1) is 0 Å². The quantitative estimate of drug-likeness (QED) is 0.326. The molecule has 0 spiro atoms. The van der Waals surface area contributed by atoms with Crippen LogP contribution in [0.5, 0.6) is 0 Å². The fourth-order valence-corrected chi connectivity index (χ4v) is 5.62. The molecule has 0 saturated carbocycles. The molecule has 0 radical (unpaired) electrons. The van der Waals surface area contributed by atoms with Crippen LogP contribution in [0.1, 0.15) is 32.8 Å². The number of benzene rings is 3. The number of hydrogen-bond donors (Lipinski definition) is 1. The number of nitrogens with one attached hydrogen (secondary N) is 1. The monoisotopic (exact) mass is 575 g/mol. The van der Waals surface area contributed by atoms with Crippen molar-refractivity contribution in [1.82, 2.24) is 10.2 Å². The van der Waals surface area contributed by atoms with Gasteiger partial charge in [0.1, 0.15) is 12.6 Å². The molecular formula is C28H31Cl2N3O4S. The van der Waals surface area contributed by atoms with Gasteiger partial charge in [0, 0.05) is 17.6 Å². The maximum atomic E-state index is 13.9. The Morgan fingerprint density at radius 1 is 0.921 bits per heavy atom. The summed E-state index contributed by atoms with van der Waals surface area (Å²) in [4.78, 5) is 28.3. The molecule has 1 N–H and O–H groups in total. The highest BCUT2D eigenvalue weighted by atomic mass is 35.5. The standard InChI is InChI=1S/C28H31Cl2N3O4S/c1-4-20(2)31-28(35)21(3)32(18-22-11-7-5-8-12-22)27(34)19-33(26-17-23(29)15-16-25(26)30)38(36,37)24-13-9-6-10-14-24/h5-17,20-21H,4,18-19H2,1-3H3,(H,31,35)/t20-,21-/m1/s1. The lowest BCUT2D eigenvalue weighted by molar-refractivity contribution is -0.139. The van der Waals surface area contributed by atoms with E-state index in [0.717, 1.165) is 16.3 Å². The van der Waals surface area contributed by atoms with Crippen molar-refractivity contribution in [2.24, 2.45) is 0 Å². The van der Waals surface area contributed by atoms with Crippen molar-refractivity contribution in [3.8, 4) is 0 Å². The zero-order valence-electron chi connectivity index (χ0n) is 21.5. The first-order valence-corrected chi connectivity index (χ1v) is 14.4. The summed E-state index contributed by atoms with van der Waals surface area (Å²) in [6.45, 7) is 4.97. The van der Waals surface area contributed by atoms with E-state index in [4.69, 9.17) is 23.2 Å². The summed E-state index contributed by atoms with van der Waals surface area (Å²) < 4.78 is 28.5. The minimum atomic E-state index is -4.22. The Labute approximate surface area is 234 Å². The summed E-state index contributed by atoms with van der Waals surface area (Å²) in [5.74, 6) is -0.905. The number of sulfonamides is 1. The van der Waals surface area contributed by atoms with Gasteiger partial charge in [0.25, 0.3) is 10.0 Å². The van der Waals surface area contributed by atoms with Gasteiger partial charge in [-0.1, -0.05) is 78.7 Å². The van der Waals surface area contributed by atoms with Crippen LogP contribution in [0.15, 0.2) is 83.8 Å². The third-order valence-electron chi connectivity index (χ3n) is 6.15. The Bertz CT molecular complexity index is 1360. The van der Waals surface area contributed by atoms with Crippen LogP contribution in [0.4, 0.5) is 5.69 Å². The molecule has 0 aromatic heterocycles. The van der Waals surface area contributed by atoms with Gasteiger partial charge in [0.05, 0.1) is 15.6 Å². The molecule has 3 aromatic rings. The molecule has 0 unspecified atom stereocenters. The van der Waals surface area contributed by atoms with Gasteiger partial charge in [-0.05, 0) is 56.2 Å². The molecule has 0 saturated heterocycles. The van der Waals surface area contributed by atoms with Crippen LogP contribution in [-0.4, -0.2) is 43.8 Å². The third kappa shape index (κ3) is 7.28. The molecule has 0 aliphatic rings. The van der Waals surface area contributed by atoms with Crippen LogP contribution in [-0.2, 0) is 26.2 Å². The van der Waals surface area contributed by atoms with E-state index in [9.17, 15) is 18.0 Å². The van der Waals surface area contributed by atoms with Crippen molar-refractivity contribution in [3.63, 3.8) is 0 Å². The van der Waals surface area contributed by atoms with Crippen molar-refractivity contribution in [1.29, 1.82) is 0 Å². The molecular weight excluding hydrogens is 545 g/mol. The van der Waals surface area contributed by atoms with Crippen molar-refractivity contribution in [2.45, 2.75) is 50.7 Å². The largest absolute Gasteiger partial charge is 0.352 e. The molecule has 0 bridgehead atoms. The average molecular weight is 577 g/mol. The van der Waals surface area contributed by atoms with Gasteiger partial charge < -0.3 is 10.2 Å². The number of carbonyl (C=O) groups is 2. The van der Waals surface area contributed by atoms with Crippen LogP contribution >= 0.6 is 23.2 Å². The van der Waals surface area contributed by atoms with Crippen LogP contribution in [0.2, 0.25) is 10.0 Å². The Morgan fingerprint density at radius 2 is 1.53 bits per heavy atom. The fourth-order valence-electron chi connectivity index (χ4n) is 3.74. The maximum Gasteiger partial charge on any atom is 0.264 e. The SMILES string of the molecule is CC[C@@H](C)NC(=O)[C@@H](C)N(Cc1ccccc1)C(=O)CN(c1cc(Cl)ccc1Cl)S(=O)(=O)c1ccccc1. The van der Waals surface area contributed by atoms with E-state index < -0.39 is 28.5 Å². The molecule has 2 amide bonds. The first kappa shape index (κ1) is 29.5. The predicted molar refractivity (Wildman–Crippen MR) is 152 cm³/mol. The van der Waals surface area contributed by atoms with Gasteiger partial charge >= 0.3 is 0 Å². The Morgan fingerprint density at radius 3 is 2.13 bits per heavy atom. The molecule has 0 aliphatic carbocycles. The number of amides is 2. The summed E-state index contributed by atoms with van der Waals surface area (Å²) in [6.07, 6.45) is 0.724. The second-order valence-corrected chi connectivity index (χ2v) is 11.6. The molecule has 0 fully saturated rings. The summed E-state index contributed by atoms with van der Waals surface area (Å²) >= 11 is 12.6. The van der Waals surface area contributed by atoms with Crippen LogP contribution in [0.25, 0.3) is 0 Å². The molecule has 2 atom stereocenters. The normalized spacial score (nSPS) is 12.9. The van der Waals surface area contributed by atoms with Gasteiger partial charge in [-0.2, -0.15) is 0 Å². The maximum absolute atomic E-state index is 13.9. The number of anilines is 1. The summed E-state index contributed by atoms with van der Waals surface area (Å²) in [5, 5.41) is 3.27. The topological polar surface area (TPSA) is 86.8 Å². The lowest BCUT2D eigenvalue weighted by Crippen LogP contribution is -2.52. The second-order valence-electron chi connectivity index (χ2n) is 8.92. The number of hydrogen-bond acceptors (Lipinski definition) is 4. The number of carbonyl (C=O) groups excluding carboxylic acids is 2. The zero-order chi connectivity index (χ0) is 27.9. The van der Waals surface area contributed by atoms with E-state index in [1.165, 1.54) is 35.2 Å². The highest BCUT2D eigenvalue weighted by molar-refractivity contribution is 7.92. The summed E-state index contributed by atoms with van der Waals surface area (Å²) in [6, 6.07) is 20.4. The summed E-state index contributed by atoms with van der Waals surface area (Å²) in [5.41, 5.74) is 0.857. The second kappa shape index (κ2) is 13.1. The third-order valence-corrected chi connectivity index (χ3v) is 8.48. The van der Waals surface area contributed by atoms with E-state index in [-0.39, 0.29) is 39.1 Å².